The van der Waals surface area contributed by atoms with Gasteiger partial charge in [-0.3, -0.25) is 0 Å². The van der Waals surface area contributed by atoms with Gasteiger partial charge in [0, 0.05) is 17.3 Å². The minimum atomic E-state index is 0.358. The molecule has 2 aromatic heterocycles. The Kier molecular flexibility index (Phi) is 5.24. The Morgan fingerprint density at radius 2 is 1.45 bits per heavy atom. The Morgan fingerprint density at radius 1 is 0.774 bits per heavy atom. The number of rotatable bonds is 6. The second-order valence-electron chi connectivity index (χ2n) is 7.06. The molecular formula is C24H18N5OS-. The van der Waals surface area contributed by atoms with E-state index in [-0.39, 0.29) is 0 Å². The van der Waals surface area contributed by atoms with E-state index in [9.17, 15) is 0 Å². The van der Waals surface area contributed by atoms with Gasteiger partial charge in [0.1, 0.15) is 5.82 Å². The maximum absolute atomic E-state index is 5.45. The van der Waals surface area contributed by atoms with Gasteiger partial charge >= 0.3 is 0 Å². The zero-order valence-corrected chi connectivity index (χ0v) is 17.4. The summed E-state index contributed by atoms with van der Waals surface area (Å²) in [6.07, 6.45) is 0.358. The van der Waals surface area contributed by atoms with E-state index in [4.69, 9.17) is 17.2 Å². The molecule has 0 unspecified atom stereocenters. The zero-order chi connectivity index (χ0) is 21.0. The van der Waals surface area contributed by atoms with Crippen molar-refractivity contribution in [3.63, 3.8) is 0 Å². The molecule has 5 aromatic rings. The molecule has 0 fully saturated rings. The summed E-state index contributed by atoms with van der Waals surface area (Å²) < 4.78 is 7.37. The molecule has 0 saturated heterocycles. The molecule has 0 aliphatic heterocycles. The molecule has 0 amide bonds. The fraction of sp³-hybridized carbons (Fsp3) is 0.0833. The van der Waals surface area contributed by atoms with Crippen molar-refractivity contribution < 1.29 is 4.52 Å². The predicted octanol–water partition coefficient (Wildman–Crippen LogP) is 4.54. The molecule has 0 bridgehead atoms. The Labute approximate surface area is 185 Å². The maximum Gasteiger partial charge on any atom is 0.234 e. The monoisotopic (exact) mass is 424 g/mol. The molecule has 5 rings (SSSR count). The Hall–Kier alpha value is -3.84. The minimum Gasteiger partial charge on any atom is -0.740 e. The van der Waals surface area contributed by atoms with Gasteiger partial charge < -0.3 is 21.7 Å². The van der Waals surface area contributed by atoms with Crippen LogP contribution in [0.25, 0.3) is 22.5 Å². The fourth-order valence-electron chi connectivity index (χ4n) is 3.50. The first-order valence-electron chi connectivity index (χ1n) is 9.88. The predicted molar refractivity (Wildman–Crippen MR) is 119 cm³/mol. The summed E-state index contributed by atoms with van der Waals surface area (Å²) in [6.45, 7) is 0.561. The topological polar surface area (TPSA) is 69.6 Å². The molecular weight excluding hydrogens is 406 g/mol. The lowest BCUT2D eigenvalue weighted by molar-refractivity contribution is 0.382. The highest BCUT2D eigenvalue weighted by Gasteiger charge is 2.15. The third kappa shape index (κ3) is 4.08. The standard InChI is InChI=1S/C24H19N5OS/c31-24-27-26-21(15-22-25-23(28-30-22)18-11-5-2-6-12-18)29(24)16-19-13-7-8-14-20(19)17-9-3-1-4-10-17/h1-14H,15-16H2,(H,27,31)/p-1. The Balaban J connectivity index is 1.43. The van der Waals surface area contributed by atoms with E-state index in [1.807, 2.05) is 65.2 Å². The molecule has 0 aliphatic rings. The van der Waals surface area contributed by atoms with Crippen molar-refractivity contribution in [1.82, 2.24) is 24.9 Å². The highest BCUT2D eigenvalue weighted by atomic mass is 32.1. The summed E-state index contributed by atoms with van der Waals surface area (Å²) >= 11 is 5.45. The van der Waals surface area contributed by atoms with Gasteiger partial charge in [-0.25, -0.2) is 0 Å². The van der Waals surface area contributed by atoms with Crippen LogP contribution in [0.2, 0.25) is 0 Å². The van der Waals surface area contributed by atoms with E-state index >= 15 is 0 Å². The average Bonchev–Trinajstić information content (AvgIpc) is 3.43. The molecule has 0 N–H and O–H groups in total. The van der Waals surface area contributed by atoms with Crippen LogP contribution in [0.1, 0.15) is 17.3 Å². The lowest BCUT2D eigenvalue weighted by Crippen LogP contribution is -2.08. The van der Waals surface area contributed by atoms with Gasteiger partial charge in [-0.15, -0.1) is 5.10 Å². The SMILES string of the molecule is [S-]c1nnc(Cc2nc(-c3ccccc3)no2)n1Cc1ccccc1-c1ccccc1. The quantitative estimate of drug-likeness (QED) is 0.373. The molecule has 0 radical (unpaired) electrons. The molecule has 0 atom stereocenters. The van der Waals surface area contributed by atoms with Crippen LogP contribution in [0.15, 0.2) is 94.6 Å². The largest absolute Gasteiger partial charge is 0.740 e. The number of benzene rings is 3. The Morgan fingerprint density at radius 3 is 2.23 bits per heavy atom. The van der Waals surface area contributed by atoms with Gasteiger partial charge in [0.2, 0.25) is 11.7 Å². The molecule has 2 heterocycles. The summed E-state index contributed by atoms with van der Waals surface area (Å²) in [6, 6.07) is 28.3. The van der Waals surface area contributed by atoms with Gasteiger partial charge in [0.05, 0.1) is 6.42 Å². The smallest absolute Gasteiger partial charge is 0.234 e. The first-order valence-corrected chi connectivity index (χ1v) is 10.3. The summed E-state index contributed by atoms with van der Waals surface area (Å²) in [4.78, 5) is 4.51. The van der Waals surface area contributed by atoms with Crippen molar-refractivity contribution in [1.29, 1.82) is 0 Å². The highest BCUT2D eigenvalue weighted by molar-refractivity contribution is 7.58. The molecule has 0 aliphatic carbocycles. The van der Waals surface area contributed by atoms with Crippen LogP contribution >= 0.6 is 0 Å². The first kappa shape index (κ1) is 19.1. The van der Waals surface area contributed by atoms with Crippen LogP contribution in [0, 0.1) is 0 Å². The molecule has 6 nitrogen and oxygen atoms in total. The van der Waals surface area contributed by atoms with Crippen molar-refractivity contribution in [3.05, 3.63) is 102 Å². The van der Waals surface area contributed by atoms with Gasteiger partial charge in [-0.2, -0.15) is 10.1 Å². The number of aromatic nitrogens is 5. The zero-order valence-electron chi connectivity index (χ0n) is 16.5. The summed E-state index contributed by atoms with van der Waals surface area (Å²) in [5, 5.41) is 12.9. The molecule has 0 saturated carbocycles. The van der Waals surface area contributed by atoms with Crippen molar-refractivity contribution in [3.8, 4) is 22.5 Å². The van der Waals surface area contributed by atoms with E-state index in [1.165, 1.54) is 0 Å². The first-order chi connectivity index (χ1) is 15.3. The third-order valence-corrected chi connectivity index (χ3v) is 5.34. The van der Waals surface area contributed by atoms with E-state index in [0.29, 0.717) is 35.7 Å². The number of hydrogen-bond donors (Lipinski definition) is 0. The van der Waals surface area contributed by atoms with Crippen LogP contribution in [0.4, 0.5) is 0 Å². The number of nitrogens with zero attached hydrogens (tertiary/aromatic N) is 5. The van der Waals surface area contributed by atoms with E-state index < -0.39 is 0 Å². The molecule has 31 heavy (non-hydrogen) atoms. The van der Waals surface area contributed by atoms with Crippen molar-refractivity contribution in [2.24, 2.45) is 0 Å². The highest BCUT2D eigenvalue weighted by Crippen LogP contribution is 2.25. The number of hydrogen-bond acceptors (Lipinski definition) is 6. The van der Waals surface area contributed by atoms with E-state index in [0.717, 1.165) is 22.3 Å². The van der Waals surface area contributed by atoms with Crippen LogP contribution in [-0.4, -0.2) is 24.9 Å². The summed E-state index contributed by atoms with van der Waals surface area (Å²) in [7, 11) is 0. The molecule has 152 valence electrons. The van der Waals surface area contributed by atoms with Crippen molar-refractivity contribution >= 4 is 12.6 Å². The summed E-state index contributed by atoms with van der Waals surface area (Å²) in [5.74, 6) is 1.71. The normalized spacial score (nSPS) is 11.0. The second-order valence-corrected chi connectivity index (χ2v) is 7.43. The molecule has 0 spiro atoms. The van der Waals surface area contributed by atoms with Crippen LogP contribution in [0.3, 0.4) is 0 Å². The maximum atomic E-state index is 5.45. The van der Waals surface area contributed by atoms with Gasteiger partial charge in [0.25, 0.3) is 0 Å². The summed E-state index contributed by atoms with van der Waals surface area (Å²) in [5.41, 5.74) is 4.35. The lowest BCUT2D eigenvalue weighted by Gasteiger charge is -2.15. The fourth-order valence-corrected chi connectivity index (χ4v) is 3.71. The minimum absolute atomic E-state index is 0.358. The Bertz CT molecular complexity index is 1300. The van der Waals surface area contributed by atoms with Crippen LogP contribution < -0.4 is 0 Å². The third-order valence-electron chi connectivity index (χ3n) is 5.03. The lowest BCUT2D eigenvalue weighted by atomic mass is 10.00. The van der Waals surface area contributed by atoms with Crippen LogP contribution in [0.5, 0.6) is 0 Å². The van der Waals surface area contributed by atoms with Gasteiger partial charge in [-0.1, -0.05) is 90.1 Å². The second kappa shape index (κ2) is 8.49. The van der Waals surface area contributed by atoms with Gasteiger partial charge in [0.15, 0.2) is 0 Å². The van der Waals surface area contributed by atoms with Gasteiger partial charge in [-0.05, 0) is 16.7 Å². The van der Waals surface area contributed by atoms with E-state index in [1.54, 1.807) is 0 Å². The van der Waals surface area contributed by atoms with Crippen LogP contribution in [-0.2, 0) is 25.6 Å². The molecule has 7 heteroatoms. The van der Waals surface area contributed by atoms with E-state index in [2.05, 4.69) is 44.6 Å². The van der Waals surface area contributed by atoms with Crippen molar-refractivity contribution in [2.45, 2.75) is 18.1 Å². The average molecular weight is 425 g/mol. The van der Waals surface area contributed by atoms with Crippen molar-refractivity contribution in [2.75, 3.05) is 0 Å². The molecule has 3 aromatic carbocycles.